The Morgan fingerprint density at radius 2 is 2.05 bits per heavy atom. The quantitative estimate of drug-likeness (QED) is 0.799. The van der Waals surface area contributed by atoms with Gasteiger partial charge in [-0.1, -0.05) is 18.2 Å². The van der Waals surface area contributed by atoms with E-state index in [4.69, 9.17) is 5.73 Å². The number of halogens is 1. The largest absolute Gasteiger partial charge is 0.324 e. The van der Waals surface area contributed by atoms with Crippen molar-refractivity contribution in [3.8, 4) is 0 Å². The molecule has 2 heterocycles. The minimum absolute atomic E-state index is 0.0704. The molecule has 0 spiro atoms. The van der Waals surface area contributed by atoms with E-state index in [9.17, 15) is 0 Å². The van der Waals surface area contributed by atoms with Gasteiger partial charge in [-0.15, -0.1) is 0 Å². The molecule has 2 N–H and O–H groups in total. The van der Waals surface area contributed by atoms with Crippen LogP contribution in [0.1, 0.15) is 17.2 Å². The molecule has 3 nitrogen and oxygen atoms in total. The Kier molecular flexibility index (Phi) is 3.76. The maximum atomic E-state index is 6.37. The fourth-order valence-electron chi connectivity index (χ4n) is 2.38. The van der Waals surface area contributed by atoms with E-state index in [2.05, 4.69) is 44.1 Å². The summed E-state index contributed by atoms with van der Waals surface area (Å²) in [6.45, 7) is 0. The highest BCUT2D eigenvalue weighted by atomic mass is 79.9. The van der Waals surface area contributed by atoms with Gasteiger partial charge in [0.05, 0.1) is 5.52 Å². The number of rotatable bonds is 3. The molecule has 0 aliphatic heterocycles. The molecule has 2 aromatic heterocycles. The Hall–Kier alpha value is -1.78. The van der Waals surface area contributed by atoms with Crippen LogP contribution in [-0.2, 0) is 6.42 Å². The van der Waals surface area contributed by atoms with Gasteiger partial charge in [0.1, 0.15) is 0 Å². The lowest BCUT2D eigenvalue weighted by molar-refractivity contribution is 0.725. The van der Waals surface area contributed by atoms with E-state index >= 15 is 0 Å². The van der Waals surface area contributed by atoms with E-state index in [1.54, 1.807) is 12.4 Å². The number of pyridine rings is 2. The van der Waals surface area contributed by atoms with Gasteiger partial charge in [0, 0.05) is 34.5 Å². The molecule has 1 atom stereocenters. The molecule has 0 fully saturated rings. The van der Waals surface area contributed by atoms with E-state index in [1.807, 2.05) is 24.4 Å². The molecule has 0 radical (unpaired) electrons. The maximum Gasteiger partial charge on any atom is 0.0705 e. The van der Waals surface area contributed by atoms with Crippen LogP contribution in [0.25, 0.3) is 10.9 Å². The average Bonchev–Trinajstić information content (AvgIpc) is 2.46. The first-order valence-corrected chi connectivity index (χ1v) is 7.22. The van der Waals surface area contributed by atoms with Crippen LogP contribution < -0.4 is 5.73 Å². The first-order valence-electron chi connectivity index (χ1n) is 6.43. The molecule has 0 aliphatic carbocycles. The minimum atomic E-state index is -0.0704. The van der Waals surface area contributed by atoms with Crippen LogP contribution in [0.4, 0.5) is 0 Å². The SMILES string of the molecule is NC(Cc1cncc(Br)c1)c1cccc2ncccc12. The molecule has 3 rings (SSSR count). The highest BCUT2D eigenvalue weighted by molar-refractivity contribution is 9.10. The van der Waals surface area contributed by atoms with Crippen LogP contribution in [-0.4, -0.2) is 9.97 Å². The molecule has 20 heavy (non-hydrogen) atoms. The fourth-order valence-corrected chi connectivity index (χ4v) is 2.79. The molecule has 1 unspecified atom stereocenters. The van der Waals surface area contributed by atoms with Crippen LogP contribution in [0.15, 0.2) is 59.5 Å². The molecular weight excluding hydrogens is 314 g/mol. The van der Waals surface area contributed by atoms with Crippen molar-refractivity contribution in [2.45, 2.75) is 12.5 Å². The summed E-state index contributed by atoms with van der Waals surface area (Å²) in [7, 11) is 0. The molecule has 3 aromatic rings. The fraction of sp³-hybridized carbons (Fsp3) is 0.125. The molecule has 1 aromatic carbocycles. The van der Waals surface area contributed by atoms with Gasteiger partial charge in [-0.3, -0.25) is 9.97 Å². The van der Waals surface area contributed by atoms with Crippen LogP contribution in [0.2, 0.25) is 0 Å². The van der Waals surface area contributed by atoms with Gasteiger partial charge in [-0.25, -0.2) is 0 Å². The zero-order valence-corrected chi connectivity index (χ0v) is 12.4. The second kappa shape index (κ2) is 5.69. The van der Waals surface area contributed by atoms with Crippen LogP contribution in [0.5, 0.6) is 0 Å². The number of nitrogens with zero attached hydrogens (tertiary/aromatic N) is 2. The lowest BCUT2D eigenvalue weighted by atomic mass is 9.97. The topological polar surface area (TPSA) is 51.8 Å². The summed E-state index contributed by atoms with van der Waals surface area (Å²) in [6, 6.07) is 12.1. The van der Waals surface area contributed by atoms with Crippen molar-refractivity contribution in [1.82, 2.24) is 9.97 Å². The van der Waals surface area contributed by atoms with Crippen LogP contribution in [0, 0.1) is 0 Å². The zero-order valence-electron chi connectivity index (χ0n) is 10.8. The van der Waals surface area contributed by atoms with Crippen molar-refractivity contribution >= 4 is 26.8 Å². The number of nitrogens with two attached hydrogens (primary N) is 1. The lowest BCUT2D eigenvalue weighted by Gasteiger charge is -2.14. The molecule has 0 amide bonds. The van der Waals surface area contributed by atoms with Crippen molar-refractivity contribution < 1.29 is 0 Å². The van der Waals surface area contributed by atoms with Crippen molar-refractivity contribution in [3.63, 3.8) is 0 Å². The Bertz CT molecular complexity index is 737. The van der Waals surface area contributed by atoms with E-state index < -0.39 is 0 Å². The molecular formula is C16H14BrN3. The Morgan fingerprint density at radius 3 is 2.90 bits per heavy atom. The second-order valence-corrected chi connectivity index (χ2v) is 5.66. The second-order valence-electron chi connectivity index (χ2n) is 4.74. The van der Waals surface area contributed by atoms with Gasteiger partial charge < -0.3 is 5.73 Å². The third-order valence-corrected chi connectivity index (χ3v) is 3.73. The van der Waals surface area contributed by atoms with Gasteiger partial charge >= 0.3 is 0 Å². The standard InChI is InChI=1S/C16H14BrN3/c17-12-7-11(9-19-10-12)8-15(18)13-3-1-5-16-14(13)4-2-6-20-16/h1-7,9-10,15H,8,18H2. The summed E-state index contributed by atoms with van der Waals surface area (Å²) in [5.74, 6) is 0. The Balaban J connectivity index is 1.94. The van der Waals surface area contributed by atoms with E-state index in [0.717, 1.165) is 32.9 Å². The average molecular weight is 328 g/mol. The predicted molar refractivity (Wildman–Crippen MR) is 84.3 cm³/mol. The van der Waals surface area contributed by atoms with Crippen molar-refractivity contribution in [2.75, 3.05) is 0 Å². The van der Waals surface area contributed by atoms with Crippen LogP contribution in [0.3, 0.4) is 0 Å². The smallest absolute Gasteiger partial charge is 0.0705 e. The predicted octanol–water partition coefficient (Wildman–Crippen LogP) is 3.63. The molecule has 4 heteroatoms. The number of hydrogen-bond acceptors (Lipinski definition) is 3. The molecule has 0 bridgehead atoms. The van der Waals surface area contributed by atoms with Crippen molar-refractivity contribution in [2.24, 2.45) is 5.73 Å². The highest BCUT2D eigenvalue weighted by Crippen LogP contribution is 2.24. The first-order chi connectivity index (χ1) is 9.74. The Morgan fingerprint density at radius 1 is 1.15 bits per heavy atom. The first kappa shape index (κ1) is 13.2. The third kappa shape index (κ3) is 2.71. The summed E-state index contributed by atoms with van der Waals surface area (Å²) < 4.78 is 0.974. The molecule has 100 valence electrons. The molecule has 0 saturated heterocycles. The normalized spacial score (nSPS) is 12.5. The third-order valence-electron chi connectivity index (χ3n) is 3.30. The lowest BCUT2D eigenvalue weighted by Crippen LogP contribution is -2.14. The summed E-state index contributed by atoms with van der Waals surface area (Å²) in [5.41, 5.74) is 9.59. The van der Waals surface area contributed by atoms with E-state index in [-0.39, 0.29) is 6.04 Å². The maximum absolute atomic E-state index is 6.37. The summed E-state index contributed by atoms with van der Waals surface area (Å²) in [5, 5.41) is 1.12. The number of aromatic nitrogens is 2. The monoisotopic (exact) mass is 327 g/mol. The van der Waals surface area contributed by atoms with Gasteiger partial charge in [0.25, 0.3) is 0 Å². The van der Waals surface area contributed by atoms with E-state index in [0.29, 0.717) is 0 Å². The van der Waals surface area contributed by atoms with E-state index in [1.165, 1.54) is 0 Å². The van der Waals surface area contributed by atoms with Gasteiger partial charge in [-0.2, -0.15) is 0 Å². The highest BCUT2D eigenvalue weighted by Gasteiger charge is 2.11. The van der Waals surface area contributed by atoms with Crippen LogP contribution >= 0.6 is 15.9 Å². The van der Waals surface area contributed by atoms with Gasteiger partial charge in [-0.05, 0) is 51.7 Å². The van der Waals surface area contributed by atoms with Crippen molar-refractivity contribution in [1.29, 1.82) is 0 Å². The Labute approximate surface area is 126 Å². The summed E-state index contributed by atoms with van der Waals surface area (Å²) in [4.78, 5) is 8.55. The van der Waals surface area contributed by atoms with Gasteiger partial charge in [0.2, 0.25) is 0 Å². The summed E-state index contributed by atoms with van der Waals surface area (Å²) in [6.07, 6.45) is 6.18. The molecule has 0 aliphatic rings. The number of fused-ring (bicyclic) bond motifs is 1. The molecule has 0 saturated carbocycles. The van der Waals surface area contributed by atoms with Crippen molar-refractivity contribution in [3.05, 3.63) is 70.6 Å². The number of hydrogen-bond donors (Lipinski definition) is 1. The summed E-state index contributed by atoms with van der Waals surface area (Å²) >= 11 is 3.43. The minimum Gasteiger partial charge on any atom is -0.324 e. The van der Waals surface area contributed by atoms with Gasteiger partial charge in [0.15, 0.2) is 0 Å². The zero-order chi connectivity index (χ0) is 13.9. The number of benzene rings is 1.